The summed E-state index contributed by atoms with van der Waals surface area (Å²) < 4.78 is 0.953. The zero-order valence-corrected chi connectivity index (χ0v) is 14.4. The second-order valence-electron chi connectivity index (χ2n) is 4.62. The molecule has 0 aliphatic rings. The van der Waals surface area contributed by atoms with Gasteiger partial charge in [0.05, 0.1) is 20.8 Å². The van der Waals surface area contributed by atoms with Crippen LogP contribution in [0.4, 0.5) is 5.13 Å². The summed E-state index contributed by atoms with van der Waals surface area (Å²) in [6.07, 6.45) is 0. The van der Waals surface area contributed by atoms with E-state index < -0.39 is 0 Å². The smallest absolute Gasteiger partial charge is 0.259 e. The fourth-order valence-corrected chi connectivity index (χ4v) is 3.44. The zero-order chi connectivity index (χ0) is 15.9. The Kier molecular flexibility index (Phi) is 4.28. The number of carbonyl (C=O) groups excluding carboxylic acids is 1. The van der Waals surface area contributed by atoms with Gasteiger partial charge >= 0.3 is 0 Å². The lowest BCUT2D eigenvalue weighted by Gasteiger charge is -2.04. The second-order valence-corrected chi connectivity index (χ2v) is 6.90. The Labute approximate surface area is 145 Å². The van der Waals surface area contributed by atoms with Crippen LogP contribution >= 0.6 is 46.1 Å². The van der Waals surface area contributed by atoms with Crippen LogP contribution < -0.4 is 5.32 Å². The maximum Gasteiger partial charge on any atom is 0.259 e. The molecule has 1 N–H and O–H groups in total. The topological polar surface area (TPSA) is 42.0 Å². The van der Waals surface area contributed by atoms with Gasteiger partial charge in [0.2, 0.25) is 0 Å². The Hall–Kier alpha value is -1.33. The van der Waals surface area contributed by atoms with E-state index >= 15 is 0 Å². The summed E-state index contributed by atoms with van der Waals surface area (Å²) in [5.41, 5.74) is 1.98. The molecule has 0 aliphatic carbocycles. The molecule has 112 valence electrons. The standard InChI is InChI=1S/C15H9Cl3N2OS/c1-7-10(17)4-5-12-13(7)19-15(22-12)20-14(21)9-6-8(16)2-3-11(9)18/h2-6H,1H3,(H,19,20,21). The van der Waals surface area contributed by atoms with Crippen LogP contribution in [0.1, 0.15) is 15.9 Å². The minimum absolute atomic E-state index is 0.308. The number of thiazole rings is 1. The summed E-state index contributed by atoms with van der Waals surface area (Å²) in [5, 5.41) is 4.66. The van der Waals surface area contributed by atoms with Gasteiger partial charge in [-0.05, 0) is 42.8 Å². The van der Waals surface area contributed by atoms with Crippen molar-refractivity contribution in [1.82, 2.24) is 4.98 Å². The van der Waals surface area contributed by atoms with Gasteiger partial charge in [-0.15, -0.1) is 0 Å². The Morgan fingerprint density at radius 1 is 1.14 bits per heavy atom. The van der Waals surface area contributed by atoms with Crippen molar-refractivity contribution in [1.29, 1.82) is 0 Å². The van der Waals surface area contributed by atoms with Crippen molar-refractivity contribution in [2.24, 2.45) is 0 Å². The van der Waals surface area contributed by atoms with Crippen LogP contribution in [0.5, 0.6) is 0 Å². The lowest BCUT2D eigenvalue weighted by Crippen LogP contribution is -2.12. The van der Waals surface area contributed by atoms with Crippen LogP contribution in [0.25, 0.3) is 10.2 Å². The first-order chi connectivity index (χ1) is 10.5. The third-order valence-electron chi connectivity index (χ3n) is 3.14. The predicted molar refractivity (Wildman–Crippen MR) is 93.8 cm³/mol. The summed E-state index contributed by atoms with van der Waals surface area (Å²) >= 11 is 19.4. The van der Waals surface area contributed by atoms with Gasteiger partial charge in [0, 0.05) is 10.0 Å². The van der Waals surface area contributed by atoms with Crippen LogP contribution in [-0.4, -0.2) is 10.9 Å². The van der Waals surface area contributed by atoms with Gasteiger partial charge < -0.3 is 0 Å². The quantitative estimate of drug-likeness (QED) is 0.617. The third kappa shape index (κ3) is 2.92. The lowest BCUT2D eigenvalue weighted by atomic mass is 10.2. The van der Waals surface area contributed by atoms with E-state index in [-0.39, 0.29) is 5.91 Å². The molecule has 0 saturated carbocycles. The van der Waals surface area contributed by atoms with Crippen LogP contribution in [0.15, 0.2) is 30.3 Å². The van der Waals surface area contributed by atoms with Crippen molar-refractivity contribution in [2.45, 2.75) is 6.92 Å². The number of hydrogen-bond donors (Lipinski definition) is 1. The van der Waals surface area contributed by atoms with Gasteiger partial charge in [-0.3, -0.25) is 10.1 Å². The van der Waals surface area contributed by atoms with Crippen molar-refractivity contribution in [3.8, 4) is 0 Å². The highest BCUT2D eigenvalue weighted by Gasteiger charge is 2.15. The molecule has 0 fully saturated rings. The molecule has 0 atom stereocenters. The lowest BCUT2D eigenvalue weighted by molar-refractivity contribution is 0.102. The van der Waals surface area contributed by atoms with Gasteiger partial charge in [-0.2, -0.15) is 0 Å². The number of hydrogen-bond acceptors (Lipinski definition) is 3. The summed E-state index contributed by atoms with van der Waals surface area (Å²) in [6.45, 7) is 1.89. The van der Waals surface area contributed by atoms with E-state index in [2.05, 4.69) is 10.3 Å². The minimum atomic E-state index is -0.352. The van der Waals surface area contributed by atoms with E-state index in [9.17, 15) is 4.79 Å². The second kappa shape index (κ2) is 6.05. The first kappa shape index (κ1) is 15.6. The normalized spacial score (nSPS) is 10.9. The number of halogens is 3. The molecular formula is C15H9Cl3N2OS. The number of rotatable bonds is 2. The molecule has 7 heteroatoms. The number of benzene rings is 2. The average Bonchev–Trinajstić information content (AvgIpc) is 2.89. The molecule has 3 rings (SSSR count). The predicted octanol–water partition coefficient (Wildman–Crippen LogP) is 5.82. The van der Waals surface area contributed by atoms with E-state index in [1.54, 1.807) is 12.1 Å². The molecule has 2 aromatic carbocycles. The molecule has 1 heterocycles. The molecule has 0 aliphatic heterocycles. The summed E-state index contributed by atoms with van der Waals surface area (Å²) in [5.74, 6) is -0.352. The van der Waals surface area contributed by atoms with Gasteiger partial charge in [0.15, 0.2) is 5.13 Å². The first-order valence-electron chi connectivity index (χ1n) is 6.28. The van der Waals surface area contributed by atoms with Crippen molar-refractivity contribution < 1.29 is 4.79 Å². The van der Waals surface area contributed by atoms with Gasteiger partial charge in [0.25, 0.3) is 5.91 Å². The molecule has 22 heavy (non-hydrogen) atoms. The summed E-state index contributed by atoms with van der Waals surface area (Å²) in [4.78, 5) is 16.7. The SMILES string of the molecule is Cc1c(Cl)ccc2sc(NC(=O)c3cc(Cl)ccc3Cl)nc12. The van der Waals surface area contributed by atoms with Crippen molar-refractivity contribution in [3.63, 3.8) is 0 Å². The maximum absolute atomic E-state index is 12.3. The van der Waals surface area contributed by atoms with Gasteiger partial charge in [0.1, 0.15) is 0 Å². The largest absolute Gasteiger partial charge is 0.298 e. The van der Waals surface area contributed by atoms with E-state index in [1.165, 1.54) is 17.4 Å². The monoisotopic (exact) mass is 370 g/mol. The fraction of sp³-hybridized carbons (Fsp3) is 0.0667. The molecule has 1 aromatic heterocycles. The Bertz CT molecular complexity index is 892. The fourth-order valence-electron chi connectivity index (χ4n) is 1.99. The van der Waals surface area contributed by atoms with Crippen LogP contribution in [0.2, 0.25) is 15.1 Å². The molecule has 3 nitrogen and oxygen atoms in total. The van der Waals surface area contributed by atoms with E-state index in [1.807, 2.05) is 19.1 Å². The highest BCUT2D eigenvalue weighted by molar-refractivity contribution is 7.22. The first-order valence-corrected chi connectivity index (χ1v) is 8.23. The summed E-state index contributed by atoms with van der Waals surface area (Å²) in [7, 11) is 0. The minimum Gasteiger partial charge on any atom is -0.298 e. The third-order valence-corrected chi connectivity index (χ3v) is 5.05. The highest BCUT2D eigenvalue weighted by atomic mass is 35.5. The van der Waals surface area contributed by atoms with Crippen LogP contribution in [0.3, 0.4) is 0 Å². The Morgan fingerprint density at radius 2 is 1.86 bits per heavy atom. The number of carbonyl (C=O) groups is 1. The van der Waals surface area contributed by atoms with Crippen LogP contribution in [-0.2, 0) is 0 Å². The Balaban J connectivity index is 1.94. The molecule has 0 unspecified atom stereocenters. The molecular weight excluding hydrogens is 363 g/mol. The molecule has 0 spiro atoms. The maximum atomic E-state index is 12.3. The molecule has 1 amide bonds. The molecule has 0 radical (unpaired) electrons. The van der Waals surface area contributed by atoms with Crippen molar-refractivity contribution in [3.05, 3.63) is 56.5 Å². The molecule has 0 bridgehead atoms. The van der Waals surface area contributed by atoms with Gasteiger partial charge in [-0.1, -0.05) is 46.1 Å². The number of aryl methyl sites for hydroxylation is 1. The van der Waals surface area contributed by atoms with E-state index in [0.717, 1.165) is 15.8 Å². The van der Waals surface area contributed by atoms with Crippen molar-refractivity contribution in [2.75, 3.05) is 5.32 Å². The summed E-state index contributed by atoms with van der Waals surface area (Å²) in [6, 6.07) is 8.43. The number of nitrogens with one attached hydrogen (secondary N) is 1. The number of amides is 1. The Morgan fingerprint density at radius 3 is 2.64 bits per heavy atom. The zero-order valence-electron chi connectivity index (χ0n) is 11.3. The highest BCUT2D eigenvalue weighted by Crippen LogP contribution is 2.32. The average molecular weight is 372 g/mol. The van der Waals surface area contributed by atoms with Crippen molar-refractivity contribution >= 4 is 67.4 Å². The number of anilines is 1. The van der Waals surface area contributed by atoms with E-state index in [0.29, 0.717) is 25.8 Å². The molecule has 3 aromatic rings. The number of aromatic nitrogens is 1. The van der Waals surface area contributed by atoms with Crippen LogP contribution in [0, 0.1) is 6.92 Å². The van der Waals surface area contributed by atoms with E-state index in [4.69, 9.17) is 34.8 Å². The van der Waals surface area contributed by atoms with Gasteiger partial charge in [-0.25, -0.2) is 4.98 Å². The molecule has 0 saturated heterocycles. The number of fused-ring (bicyclic) bond motifs is 1. The number of nitrogens with zero attached hydrogens (tertiary/aromatic N) is 1.